The van der Waals surface area contributed by atoms with Gasteiger partial charge in [-0.15, -0.1) is 0 Å². The number of aliphatic hydroxyl groups excluding tert-OH is 1. The minimum Gasteiger partial charge on any atom is -0.495 e. The van der Waals surface area contributed by atoms with Crippen LogP contribution in [0.15, 0.2) is 57.6 Å². The summed E-state index contributed by atoms with van der Waals surface area (Å²) >= 11 is 7.10. The van der Waals surface area contributed by atoms with Gasteiger partial charge in [0.2, 0.25) is 0 Å². The van der Waals surface area contributed by atoms with Gasteiger partial charge in [-0.3, -0.25) is 0 Å². The second kappa shape index (κ2) is 8.14. The second-order valence-electron chi connectivity index (χ2n) is 7.10. The van der Waals surface area contributed by atoms with Crippen molar-refractivity contribution in [1.29, 1.82) is 0 Å². The number of aliphatic hydroxyl groups is 1. The standard InChI is InChI=1S/C22H18Br2N4O3/c1-30-14-5-6-19(25-9-14)28-13(10-29)11-31-21-15(3-2-4-18(21)28)22-26-17-8-12(23)7-16(24)20(17)27-22/h2-9,13,29H,10-11H2,1H3,(H,26,27). The number of methoxy groups -OCH3 is 1. The van der Waals surface area contributed by atoms with Gasteiger partial charge in [0.15, 0.2) is 5.75 Å². The van der Waals surface area contributed by atoms with Crippen molar-refractivity contribution in [2.24, 2.45) is 0 Å². The predicted octanol–water partition coefficient (Wildman–Crippen LogP) is 5.05. The van der Waals surface area contributed by atoms with Crippen molar-refractivity contribution in [2.75, 3.05) is 25.2 Å². The van der Waals surface area contributed by atoms with Crippen molar-refractivity contribution in [3.63, 3.8) is 0 Å². The lowest BCUT2D eigenvalue weighted by Gasteiger charge is -2.37. The zero-order chi connectivity index (χ0) is 21.5. The average molecular weight is 546 g/mol. The van der Waals surface area contributed by atoms with Gasteiger partial charge in [-0.25, -0.2) is 9.97 Å². The third-order valence-corrected chi connectivity index (χ3v) is 6.28. The maximum atomic E-state index is 9.98. The SMILES string of the molecule is COc1ccc(N2c3cccc(-c4nc5c(Br)cc(Br)cc5[nH]4)c3OCC2CO)nc1. The molecule has 9 heteroatoms. The molecule has 1 unspecified atom stereocenters. The number of ether oxygens (including phenoxy) is 2. The number of benzene rings is 2. The van der Waals surface area contributed by atoms with E-state index in [1.54, 1.807) is 13.3 Å². The van der Waals surface area contributed by atoms with Crippen LogP contribution < -0.4 is 14.4 Å². The van der Waals surface area contributed by atoms with Crippen molar-refractivity contribution < 1.29 is 14.6 Å². The normalized spacial score (nSPS) is 15.6. The second-order valence-corrected chi connectivity index (χ2v) is 8.87. The summed E-state index contributed by atoms with van der Waals surface area (Å²) < 4.78 is 13.2. The Bertz CT molecular complexity index is 1260. The fourth-order valence-electron chi connectivity index (χ4n) is 3.75. The molecule has 2 aromatic heterocycles. The molecule has 0 fully saturated rings. The Morgan fingerprint density at radius 2 is 2.13 bits per heavy atom. The van der Waals surface area contributed by atoms with E-state index in [1.807, 2.05) is 47.4 Å². The van der Waals surface area contributed by atoms with Gasteiger partial charge in [0.25, 0.3) is 0 Å². The third kappa shape index (κ3) is 3.56. The Labute approximate surface area is 195 Å². The number of nitrogens with zero attached hydrogens (tertiary/aromatic N) is 3. The number of pyridine rings is 1. The summed E-state index contributed by atoms with van der Waals surface area (Å²) in [5, 5.41) is 9.98. The van der Waals surface area contributed by atoms with E-state index in [9.17, 15) is 5.11 Å². The number of hydrogen-bond donors (Lipinski definition) is 2. The maximum Gasteiger partial charge on any atom is 0.154 e. The zero-order valence-electron chi connectivity index (χ0n) is 16.5. The minimum absolute atomic E-state index is 0.0665. The van der Waals surface area contributed by atoms with Crippen molar-refractivity contribution in [3.05, 3.63) is 57.6 Å². The largest absolute Gasteiger partial charge is 0.495 e. The van der Waals surface area contributed by atoms with Crippen LogP contribution in [0.3, 0.4) is 0 Å². The van der Waals surface area contributed by atoms with Crippen LogP contribution in [0.25, 0.3) is 22.4 Å². The molecule has 7 nitrogen and oxygen atoms in total. The zero-order valence-corrected chi connectivity index (χ0v) is 19.6. The van der Waals surface area contributed by atoms with E-state index in [1.165, 1.54) is 0 Å². The Morgan fingerprint density at radius 1 is 1.26 bits per heavy atom. The molecule has 1 aliphatic rings. The molecule has 0 spiro atoms. The molecular weight excluding hydrogens is 528 g/mol. The summed E-state index contributed by atoms with van der Waals surface area (Å²) in [6, 6.07) is 13.3. The lowest BCUT2D eigenvalue weighted by Crippen LogP contribution is -2.43. The summed E-state index contributed by atoms with van der Waals surface area (Å²) in [4.78, 5) is 14.7. The van der Waals surface area contributed by atoms with E-state index >= 15 is 0 Å². The summed E-state index contributed by atoms with van der Waals surface area (Å²) in [6.45, 7) is 0.257. The number of nitrogens with one attached hydrogen (secondary N) is 1. The van der Waals surface area contributed by atoms with Crippen LogP contribution in [0.2, 0.25) is 0 Å². The molecule has 4 aromatic rings. The smallest absolute Gasteiger partial charge is 0.154 e. The first kappa shape index (κ1) is 20.3. The quantitative estimate of drug-likeness (QED) is 0.373. The van der Waals surface area contributed by atoms with Crippen molar-refractivity contribution in [2.45, 2.75) is 6.04 Å². The Morgan fingerprint density at radius 3 is 2.87 bits per heavy atom. The molecule has 0 saturated carbocycles. The van der Waals surface area contributed by atoms with Gasteiger partial charge in [-0.2, -0.15) is 0 Å². The van der Waals surface area contributed by atoms with Gasteiger partial charge in [-0.05, 0) is 52.3 Å². The van der Waals surface area contributed by atoms with Gasteiger partial charge in [-0.1, -0.05) is 22.0 Å². The van der Waals surface area contributed by atoms with Gasteiger partial charge in [0.1, 0.15) is 29.5 Å². The van der Waals surface area contributed by atoms with Crippen LogP contribution in [0.5, 0.6) is 11.5 Å². The lowest BCUT2D eigenvalue weighted by atomic mass is 10.1. The molecule has 0 aliphatic carbocycles. The number of aromatic amines is 1. The molecule has 5 rings (SSSR count). The third-order valence-electron chi connectivity index (χ3n) is 5.21. The molecule has 31 heavy (non-hydrogen) atoms. The van der Waals surface area contributed by atoms with E-state index in [2.05, 4.69) is 41.8 Å². The number of rotatable bonds is 4. The Kier molecular flexibility index (Phi) is 5.33. The highest BCUT2D eigenvalue weighted by molar-refractivity contribution is 9.11. The van der Waals surface area contributed by atoms with Crippen LogP contribution in [-0.2, 0) is 0 Å². The molecule has 158 valence electrons. The molecule has 0 saturated heterocycles. The number of fused-ring (bicyclic) bond motifs is 2. The van der Waals surface area contributed by atoms with Crippen LogP contribution in [-0.4, -0.2) is 46.4 Å². The number of imidazole rings is 1. The molecule has 1 atom stereocenters. The molecular formula is C22H18Br2N4O3. The van der Waals surface area contributed by atoms with Crippen LogP contribution in [0, 0.1) is 0 Å². The summed E-state index contributed by atoms with van der Waals surface area (Å²) in [6.07, 6.45) is 1.66. The van der Waals surface area contributed by atoms with E-state index < -0.39 is 0 Å². The number of para-hydroxylation sites is 1. The first-order valence-corrected chi connectivity index (χ1v) is 11.2. The molecule has 0 bridgehead atoms. The average Bonchev–Trinajstić information content (AvgIpc) is 3.22. The maximum absolute atomic E-state index is 9.98. The van der Waals surface area contributed by atoms with Crippen LogP contribution in [0.1, 0.15) is 0 Å². The lowest BCUT2D eigenvalue weighted by molar-refractivity contribution is 0.195. The van der Waals surface area contributed by atoms with E-state index in [4.69, 9.17) is 14.5 Å². The summed E-state index contributed by atoms with van der Waals surface area (Å²) in [5.41, 5.74) is 3.41. The first-order valence-electron chi connectivity index (χ1n) is 9.60. The van der Waals surface area contributed by atoms with Gasteiger partial charge < -0.3 is 24.5 Å². The number of hydrogen-bond acceptors (Lipinski definition) is 6. The highest BCUT2D eigenvalue weighted by Crippen LogP contribution is 2.44. The molecule has 2 N–H and O–H groups in total. The summed E-state index contributed by atoms with van der Waals surface area (Å²) in [7, 11) is 1.60. The monoisotopic (exact) mass is 544 g/mol. The number of H-pyrrole nitrogens is 1. The number of anilines is 2. The molecule has 3 heterocycles. The van der Waals surface area contributed by atoms with Crippen LogP contribution >= 0.6 is 31.9 Å². The van der Waals surface area contributed by atoms with E-state index in [-0.39, 0.29) is 12.6 Å². The molecule has 0 radical (unpaired) electrons. The Balaban J connectivity index is 1.64. The van der Waals surface area contributed by atoms with Crippen molar-refractivity contribution >= 4 is 54.4 Å². The van der Waals surface area contributed by atoms with Crippen molar-refractivity contribution in [3.8, 4) is 22.9 Å². The minimum atomic E-state index is -0.260. The van der Waals surface area contributed by atoms with E-state index in [0.29, 0.717) is 29.7 Å². The summed E-state index contributed by atoms with van der Waals surface area (Å²) in [5.74, 6) is 2.78. The Hall–Kier alpha value is -2.62. The fourth-order valence-corrected chi connectivity index (χ4v) is 5.07. The number of halogens is 2. The first-order chi connectivity index (χ1) is 15.1. The molecule has 0 amide bonds. The van der Waals surface area contributed by atoms with E-state index in [0.717, 1.165) is 31.2 Å². The fraction of sp³-hybridized carbons (Fsp3) is 0.182. The van der Waals surface area contributed by atoms with Gasteiger partial charge >= 0.3 is 0 Å². The highest BCUT2D eigenvalue weighted by atomic mass is 79.9. The highest BCUT2D eigenvalue weighted by Gasteiger charge is 2.31. The predicted molar refractivity (Wildman–Crippen MR) is 126 cm³/mol. The van der Waals surface area contributed by atoms with Crippen LogP contribution in [0.4, 0.5) is 11.5 Å². The number of aromatic nitrogens is 3. The molecule has 2 aromatic carbocycles. The van der Waals surface area contributed by atoms with Crippen molar-refractivity contribution in [1.82, 2.24) is 15.0 Å². The topological polar surface area (TPSA) is 83.5 Å². The van der Waals surface area contributed by atoms with Gasteiger partial charge in [0.05, 0.1) is 42.7 Å². The van der Waals surface area contributed by atoms with Gasteiger partial charge in [0, 0.05) is 8.95 Å². The molecule has 1 aliphatic heterocycles.